The van der Waals surface area contributed by atoms with Crippen LogP contribution in [0, 0.1) is 0 Å². The van der Waals surface area contributed by atoms with Crippen molar-refractivity contribution in [2.45, 2.75) is 44.9 Å². The Morgan fingerprint density at radius 1 is 1.03 bits per heavy atom. The highest BCUT2D eigenvalue weighted by Gasteiger charge is 2.43. The van der Waals surface area contributed by atoms with Gasteiger partial charge in [-0.2, -0.15) is 5.10 Å². The van der Waals surface area contributed by atoms with E-state index in [1.807, 2.05) is 30.3 Å². The molecular weight excluding hydrogens is 484 g/mol. The van der Waals surface area contributed by atoms with Gasteiger partial charge in [-0.05, 0) is 99.2 Å². The maximum atomic E-state index is 12.4. The number of carbonyl (C=O) groups is 1. The number of methoxy groups -OCH3 is 1. The Balaban J connectivity index is 1.44. The number of nitrogens with zero attached hydrogens (tertiary/aromatic N) is 3. The average molecular weight is 523 g/mol. The number of hydrazone groups is 1. The monoisotopic (exact) mass is 522 g/mol. The van der Waals surface area contributed by atoms with Crippen LogP contribution in [-0.2, 0) is 11.8 Å². The second kappa shape index (κ2) is 11.8. The van der Waals surface area contributed by atoms with Gasteiger partial charge >= 0.3 is 0 Å². The average Bonchev–Trinajstić information content (AvgIpc) is 3.22. The van der Waals surface area contributed by atoms with Crippen LogP contribution >= 0.6 is 0 Å². The number of amides is 1. The number of ether oxygens (including phenoxy) is 1. The molecule has 1 saturated heterocycles. The molecule has 5 rings (SSSR count). The number of nitrogens with one attached hydrogen (secondary N) is 1. The van der Waals surface area contributed by atoms with Crippen molar-refractivity contribution >= 4 is 23.5 Å². The summed E-state index contributed by atoms with van der Waals surface area (Å²) in [5.41, 5.74) is 9.08. The molecule has 6 heteroatoms. The van der Waals surface area contributed by atoms with Gasteiger partial charge in [-0.1, -0.05) is 30.3 Å². The fraction of sp³-hybridized carbons (Fsp3) is 0.333. The van der Waals surface area contributed by atoms with Crippen LogP contribution in [0.2, 0.25) is 0 Å². The van der Waals surface area contributed by atoms with E-state index in [1.165, 1.54) is 41.8 Å². The van der Waals surface area contributed by atoms with Crippen LogP contribution in [0.5, 0.6) is 5.75 Å². The van der Waals surface area contributed by atoms with Gasteiger partial charge in [0.25, 0.3) is 5.91 Å². The molecule has 0 radical (unpaired) electrons. The normalized spacial score (nSPS) is 19.9. The molecule has 39 heavy (non-hydrogen) atoms. The summed E-state index contributed by atoms with van der Waals surface area (Å²) in [6, 6.07) is 24.5. The van der Waals surface area contributed by atoms with Gasteiger partial charge in [-0.3, -0.25) is 4.79 Å². The Bertz CT molecular complexity index is 1340. The van der Waals surface area contributed by atoms with E-state index < -0.39 is 0 Å². The van der Waals surface area contributed by atoms with Crippen LogP contribution in [0.1, 0.15) is 54.6 Å². The quantitative estimate of drug-likeness (QED) is 0.278. The molecule has 1 atom stereocenters. The highest BCUT2D eigenvalue weighted by atomic mass is 16.5. The minimum atomic E-state index is -0.304. The molecule has 2 aliphatic heterocycles. The van der Waals surface area contributed by atoms with Crippen molar-refractivity contribution in [2.75, 3.05) is 36.5 Å². The first-order valence-corrected chi connectivity index (χ1v) is 13.9. The van der Waals surface area contributed by atoms with Crippen molar-refractivity contribution in [1.29, 1.82) is 0 Å². The van der Waals surface area contributed by atoms with Crippen LogP contribution in [0.4, 0.5) is 11.4 Å². The van der Waals surface area contributed by atoms with E-state index >= 15 is 0 Å². The van der Waals surface area contributed by atoms with Crippen LogP contribution in [-0.4, -0.2) is 38.9 Å². The summed E-state index contributed by atoms with van der Waals surface area (Å²) in [5.74, 6) is 0.620. The number of hydrogen-bond donors (Lipinski definition) is 1. The SMILES string of the molecule is CCN1/C(=C\C=N\NC(=O)c2ccccc2)C(C)(Cc2ccc(N3CCCCC3)cc2)c2cc(OC)ccc21. The number of anilines is 2. The smallest absolute Gasteiger partial charge is 0.271 e. The third-order valence-corrected chi connectivity index (χ3v) is 7.99. The van der Waals surface area contributed by atoms with Gasteiger partial charge in [0.1, 0.15) is 5.75 Å². The molecule has 0 aliphatic carbocycles. The highest BCUT2D eigenvalue weighted by molar-refractivity contribution is 5.94. The maximum Gasteiger partial charge on any atom is 0.271 e. The Hall–Kier alpha value is -4.06. The topological polar surface area (TPSA) is 57.2 Å². The molecule has 0 saturated carbocycles. The summed E-state index contributed by atoms with van der Waals surface area (Å²) in [5, 5.41) is 4.25. The van der Waals surface area contributed by atoms with Gasteiger partial charge in [0.2, 0.25) is 0 Å². The number of rotatable bonds is 8. The van der Waals surface area contributed by atoms with Crippen molar-refractivity contribution in [3.63, 3.8) is 0 Å². The van der Waals surface area contributed by atoms with E-state index in [-0.39, 0.29) is 11.3 Å². The minimum Gasteiger partial charge on any atom is -0.497 e. The third kappa shape index (κ3) is 5.56. The van der Waals surface area contributed by atoms with Gasteiger partial charge in [-0.15, -0.1) is 0 Å². The number of fused-ring (bicyclic) bond motifs is 1. The highest BCUT2D eigenvalue weighted by Crippen LogP contribution is 2.50. The molecule has 3 aromatic carbocycles. The number of likely N-dealkylation sites (N-methyl/N-ethyl adjacent to an activating group) is 1. The lowest BCUT2D eigenvalue weighted by Crippen LogP contribution is -2.31. The van der Waals surface area contributed by atoms with E-state index in [4.69, 9.17) is 4.74 Å². The molecule has 2 heterocycles. The molecular formula is C33H38N4O2. The lowest BCUT2D eigenvalue weighted by atomic mass is 9.76. The summed E-state index contributed by atoms with van der Waals surface area (Å²) in [4.78, 5) is 17.3. The zero-order valence-electron chi connectivity index (χ0n) is 23.2. The number of piperidine rings is 1. The fourth-order valence-corrected chi connectivity index (χ4v) is 5.93. The van der Waals surface area contributed by atoms with Crippen molar-refractivity contribution in [3.05, 3.63) is 101 Å². The Labute approximate surface area is 232 Å². The molecule has 202 valence electrons. The molecule has 2 aliphatic rings. The van der Waals surface area contributed by atoms with Crippen molar-refractivity contribution in [2.24, 2.45) is 5.10 Å². The summed E-state index contributed by atoms with van der Waals surface area (Å²) < 4.78 is 5.62. The zero-order chi connectivity index (χ0) is 27.2. The number of hydrogen-bond acceptors (Lipinski definition) is 5. The predicted octanol–water partition coefficient (Wildman–Crippen LogP) is 6.33. The Morgan fingerprint density at radius 2 is 1.77 bits per heavy atom. The minimum absolute atomic E-state index is 0.228. The Morgan fingerprint density at radius 3 is 2.46 bits per heavy atom. The van der Waals surface area contributed by atoms with E-state index in [9.17, 15) is 4.79 Å². The third-order valence-electron chi connectivity index (χ3n) is 7.99. The molecule has 3 aromatic rings. The molecule has 0 spiro atoms. The van der Waals surface area contributed by atoms with Gasteiger partial charge in [0, 0.05) is 53.9 Å². The largest absolute Gasteiger partial charge is 0.497 e. The molecule has 0 aromatic heterocycles. The van der Waals surface area contributed by atoms with E-state index in [1.54, 1.807) is 25.5 Å². The molecule has 1 fully saturated rings. The van der Waals surface area contributed by atoms with Crippen LogP contribution in [0.25, 0.3) is 0 Å². The van der Waals surface area contributed by atoms with Crippen molar-refractivity contribution in [3.8, 4) is 5.75 Å². The van der Waals surface area contributed by atoms with Crippen LogP contribution in [0.3, 0.4) is 0 Å². The number of allylic oxidation sites excluding steroid dienone is 2. The lowest BCUT2D eigenvalue weighted by Gasteiger charge is -2.31. The number of carbonyl (C=O) groups excluding carboxylic acids is 1. The van der Waals surface area contributed by atoms with Crippen LogP contribution < -0.4 is 20.0 Å². The van der Waals surface area contributed by atoms with Gasteiger partial charge in [-0.25, -0.2) is 5.43 Å². The molecule has 1 amide bonds. The first-order valence-electron chi connectivity index (χ1n) is 13.9. The van der Waals surface area contributed by atoms with E-state index in [2.05, 4.69) is 70.6 Å². The molecule has 6 nitrogen and oxygen atoms in total. The van der Waals surface area contributed by atoms with Crippen LogP contribution in [0.15, 0.2) is 89.7 Å². The first kappa shape index (κ1) is 26.5. The molecule has 1 N–H and O–H groups in total. The van der Waals surface area contributed by atoms with Crippen molar-refractivity contribution in [1.82, 2.24) is 5.43 Å². The standard InChI is InChI=1S/C33H38N4O2/c1-4-37-30-18-17-28(39-3)23-29(30)33(2,24-25-13-15-27(16-14-25)36-21-9-6-10-22-36)31(37)19-20-34-35-32(38)26-11-7-5-8-12-26/h5,7-8,11-20,23H,4,6,9-10,21-22,24H2,1-3H3,(H,35,38)/b31-19-,34-20+. The number of benzene rings is 3. The summed E-state index contributed by atoms with van der Waals surface area (Å²) >= 11 is 0. The maximum absolute atomic E-state index is 12.4. The Kier molecular flexibility index (Phi) is 8.01. The van der Waals surface area contributed by atoms with E-state index in [0.29, 0.717) is 5.56 Å². The summed E-state index contributed by atoms with van der Waals surface area (Å²) in [6.07, 6.45) is 8.43. The molecule has 1 unspecified atom stereocenters. The van der Waals surface area contributed by atoms with E-state index in [0.717, 1.165) is 37.5 Å². The first-order chi connectivity index (χ1) is 19.0. The van der Waals surface area contributed by atoms with Gasteiger partial charge in [0.15, 0.2) is 0 Å². The fourth-order valence-electron chi connectivity index (χ4n) is 5.93. The lowest BCUT2D eigenvalue weighted by molar-refractivity contribution is 0.0955. The molecule has 0 bridgehead atoms. The summed E-state index contributed by atoms with van der Waals surface area (Å²) in [7, 11) is 1.71. The second-order valence-corrected chi connectivity index (χ2v) is 10.5. The zero-order valence-corrected chi connectivity index (χ0v) is 23.2. The second-order valence-electron chi connectivity index (χ2n) is 10.5. The van der Waals surface area contributed by atoms with Crippen molar-refractivity contribution < 1.29 is 9.53 Å². The van der Waals surface area contributed by atoms with Gasteiger partial charge < -0.3 is 14.5 Å². The summed E-state index contributed by atoms with van der Waals surface area (Å²) in [6.45, 7) is 7.56. The van der Waals surface area contributed by atoms with Gasteiger partial charge in [0.05, 0.1) is 7.11 Å². The predicted molar refractivity (Wildman–Crippen MR) is 160 cm³/mol.